The molecule has 3 aromatic carbocycles. The quantitative estimate of drug-likeness (QED) is 0.619. The topological polar surface area (TPSA) is 20.2 Å². The first-order valence-corrected chi connectivity index (χ1v) is 7.26. The van der Waals surface area contributed by atoms with Crippen LogP contribution in [0.15, 0.2) is 72.8 Å². The van der Waals surface area contributed by atoms with E-state index in [9.17, 15) is 5.11 Å². The molecule has 3 aromatic rings. The molecule has 0 bridgehead atoms. The van der Waals surface area contributed by atoms with Crippen LogP contribution in [-0.2, 0) is 0 Å². The first-order chi connectivity index (χ1) is 10.7. The lowest BCUT2D eigenvalue weighted by Gasteiger charge is -2.06. The third-order valence-corrected chi connectivity index (χ3v) is 3.53. The summed E-state index contributed by atoms with van der Waals surface area (Å²) in [7, 11) is 0. The molecule has 0 saturated heterocycles. The summed E-state index contributed by atoms with van der Waals surface area (Å²) in [6, 6.07) is 22.6. The molecule has 0 atom stereocenters. The fourth-order valence-electron chi connectivity index (χ4n) is 2.18. The van der Waals surface area contributed by atoms with Crippen LogP contribution in [0.25, 0.3) is 11.1 Å². The largest absolute Gasteiger partial charge is 0.508 e. The van der Waals surface area contributed by atoms with Gasteiger partial charge in [-0.3, -0.25) is 0 Å². The second-order valence-electron chi connectivity index (χ2n) is 4.85. The van der Waals surface area contributed by atoms with Crippen molar-refractivity contribution in [3.63, 3.8) is 0 Å². The summed E-state index contributed by atoms with van der Waals surface area (Å²) in [6.07, 6.45) is 0. The number of rotatable bonds is 1. The Morgan fingerprint density at radius 3 is 2.23 bits per heavy atom. The Hall–Kier alpha value is -2.69. The van der Waals surface area contributed by atoms with E-state index in [1.165, 1.54) is 0 Å². The highest BCUT2D eigenvalue weighted by Crippen LogP contribution is 2.27. The van der Waals surface area contributed by atoms with E-state index >= 15 is 0 Å². The number of hydrogen-bond acceptors (Lipinski definition) is 1. The lowest BCUT2D eigenvalue weighted by molar-refractivity contribution is 0.475. The van der Waals surface area contributed by atoms with Crippen molar-refractivity contribution in [2.45, 2.75) is 0 Å². The molecular formula is C20H13ClO. The lowest BCUT2D eigenvalue weighted by Crippen LogP contribution is -1.85. The van der Waals surface area contributed by atoms with Crippen molar-refractivity contribution in [3.8, 4) is 28.7 Å². The van der Waals surface area contributed by atoms with Crippen molar-refractivity contribution >= 4 is 11.6 Å². The van der Waals surface area contributed by atoms with Crippen LogP contribution in [-0.4, -0.2) is 5.11 Å². The molecule has 2 heteroatoms. The van der Waals surface area contributed by atoms with Gasteiger partial charge in [-0.05, 0) is 53.6 Å². The third kappa shape index (κ3) is 3.31. The van der Waals surface area contributed by atoms with Crippen molar-refractivity contribution in [2.75, 3.05) is 0 Å². The van der Waals surface area contributed by atoms with E-state index in [1.54, 1.807) is 12.1 Å². The molecule has 1 N–H and O–H groups in total. The first-order valence-electron chi connectivity index (χ1n) is 6.88. The normalized spacial score (nSPS) is 9.86. The van der Waals surface area contributed by atoms with Crippen LogP contribution in [0, 0.1) is 11.8 Å². The standard InChI is InChI=1S/C20H13ClO/c21-18-10-8-16(9-11-18)20-13-12-19(22)14-17(20)7-6-15-4-2-1-3-5-15/h1-5,8-14,22H. The second kappa shape index (κ2) is 6.39. The van der Waals surface area contributed by atoms with Crippen molar-refractivity contribution in [1.29, 1.82) is 0 Å². The van der Waals surface area contributed by atoms with E-state index in [0.29, 0.717) is 5.02 Å². The van der Waals surface area contributed by atoms with Gasteiger partial charge >= 0.3 is 0 Å². The average molecular weight is 305 g/mol. The van der Waals surface area contributed by atoms with Gasteiger partial charge in [-0.15, -0.1) is 0 Å². The van der Waals surface area contributed by atoms with Gasteiger partial charge in [-0.2, -0.15) is 0 Å². The minimum Gasteiger partial charge on any atom is -0.508 e. The molecule has 22 heavy (non-hydrogen) atoms. The molecule has 0 aliphatic heterocycles. The van der Waals surface area contributed by atoms with Crippen LogP contribution < -0.4 is 0 Å². The Morgan fingerprint density at radius 2 is 1.50 bits per heavy atom. The van der Waals surface area contributed by atoms with Crippen molar-refractivity contribution < 1.29 is 5.11 Å². The molecule has 0 aromatic heterocycles. The Balaban J connectivity index is 2.06. The van der Waals surface area contributed by atoms with Crippen LogP contribution >= 0.6 is 11.6 Å². The van der Waals surface area contributed by atoms with Gasteiger partial charge in [-0.1, -0.05) is 53.8 Å². The Bertz CT molecular complexity index is 840. The van der Waals surface area contributed by atoms with Crippen molar-refractivity contribution in [2.24, 2.45) is 0 Å². The molecule has 3 rings (SSSR count). The lowest BCUT2D eigenvalue weighted by atomic mass is 9.99. The van der Waals surface area contributed by atoms with Crippen LogP contribution in [0.4, 0.5) is 0 Å². The molecule has 0 aliphatic rings. The number of hydrogen-bond donors (Lipinski definition) is 1. The molecule has 106 valence electrons. The molecule has 0 radical (unpaired) electrons. The summed E-state index contributed by atoms with van der Waals surface area (Å²) in [4.78, 5) is 0. The second-order valence-corrected chi connectivity index (χ2v) is 5.29. The molecule has 1 nitrogen and oxygen atoms in total. The highest BCUT2D eigenvalue weighted by atomic mass is 35.5. The summed E-state index contributed by atoms with van der Waals surface area (Å²) >= 11 is 5.94. The van der Waals surface area contributed by atoms with Crippen molar-refractivity contribution in [1.82, 2.24) is 0 Å². The minimum atomic E-state index is 0.204. The highest BCUT2D eigenvalue weighted by Gasteiger charge is 2.04. The van der Waals surface area contributed by atoms with E-state index < -0.39 is 0 Å². The van der Waals surface area contributed by atoms with Crippen LogP contribution in [0.3, 0.4) is 0 Å². The van der Waals surface area contributed by atoms with E-state index in [0.717, 1.165) is 22.3 Å². The first kappa shape index (κ1) is 14.3. The molecular weight excluding hydrogens is 292 g/mol. The Kier molecular flexibility index (Phi) is 4.14. The molecule has 0 saturated carbocycles. The van der Waals surface area contributed by atoms with E-state index in [1.807, 2.05) is 60.7 Å². The van der Waals surface area contributed by atoms with E-state index in [4.69, 9.17) is 11.6 Å². The van der Waals surface area contributed by atoms with Gasteiger partial charge in [-0.25, -0.2) is 0 Å². The summed E-state index contributed by atoms with van der Waals surface area (Å²) < 4.78 is 0. The van der Waals surface area contributed by atoms with Gasteiger partial charge in [0.25, 0.3) is 0 Å². The zero-order valence-corrected chi connectivity index (χ0v) is 12.5. The van der Waals surface area contributed by atoms with Crippen LogP contribution in [0.2, 0.25) is 5.02 Å². The van der Waals surface area contributed by atoms with E-state index in [-0.39, 0.29) is 5.75 Å². The fourth-order valence-corrected chi connectivity index (χ4v) is 2.30. The molecule has 0 heterocycles. The van der Waals surface area contributed by atoms with Crippen molar-refractivity contribution in [3.05, 3.63) is 88.9 Å². The third-order valence-electron chi connectivity index (χ3n) is 3.27. The van der Waals surface area contributed by atoms with Crippen LogP contribution in [0.1, 0.15) is 11.1 Å². The highest BCUT2D eigenvalue weighted by molar-refractivity contribution is 6.30. The number of halogens is 1. The molecule has 0 spiro atoms. The number of phenols is 1. The Morgan fingerprint density at radius 1 is 0.773 bits per heavy atom. The molecule has 0 unspecified atom stereocenters. The maximum absolute atomic E-state index is 9.74. The number of aromatic hydroxyl groups is 1. The SMILES string of the molecule is Oc1ccc(-c2ccc(Cl)cc2)c(C#Cc2ccccc2)c1. The predicted octanol–water partition coefficient (Wildman–Crippen LogP) is 5.11. The summed E-state index contributed by atoms with van der Waals surface area (Å²) in [5, 5.41) is 10.4. The molecule has 0 amide bonds. The van der Waals surface area contributed by atoms with Gasteiger partial charge in [0, 0.05) is 16.1 Å². The van der Waals surface area contributed by atoms with Gasteiger partial charge in [0.1, 0.15) is 5.75 Å². The zero-order valence-electron chi connectivity index (χ0n) is 11.8. The molecule has 0 fully saturated rings. The summed E-state index contributed by atoms with van der Waals surface area (Å²) in [6.45, 7) is 0. The smallest absolute Gasteiger partial charge is 0.116 e. The average Bonchev–Trinajstić information content (AvgIpc) is 2.55. The van der Waals surface area contributed by atoms with Gasteiger partial charge in [0.2, 0.25) is 0 Å². The van der Waals surface area contributed by atoms with Gasteiger partial charge in [0.05, 0.1) is 0 Å². The predicted molar refractivity (Wildman–Crippen MR) is 91.0 cm³/mol. The summed E-state index contributed by atoms with van der Waals surface area (Å²) in [5.74, 6) is 6.47. The fraction of sp³-hybridized carbons (Fsp3) is 0. The monoisotopic (exact) mass is 304 g/mol. The maximum Gasteiger partial charge on any atom is 0.116 e. The van der Waals surface area contributed by atoms with E-state index in [2.05, 4.69) is 11.8 Å². The summed E-state index contributed by atoms with van der Waals surface area (Å²) in [5.41, 5.74) is 3.71. The zero-order chi connectivity index (χ0) is 15.4. The minimum absolute atomic E-state index is 0.204. The molecule has 0 aliphatic carbocycles. The maximum atomic E-state index is 9.74. The van der Waals surface area contributed by atoms with Gasteiger partial charge in [0.15, 0.2) is 0 Å². The Labute approximate surface area is 134 Å². The number of benzene rings is 3. The van der Waals surface area contributed by atoms with Crippen LogP contribution in [0.5, 0.6) is 5.75 Å². The number of phenolic OH excluding ortho intramolecular Hbond substituents is 1. The van der Waals surface area contributed by atoms with Gasteiger partial charge < -0.3 is 5.11 Å².